The molecule has 0 radical (unpaired) electrons. The van der Waals surface area contributed by atoms with Crippen LogP contribution in [0.3, 0.4) is 0 Å². The SMILES string of the molecule is CSCc1ccc(C(=O)N(C)C(C)c2ccc(S(N)(=O)=O)cc2)cc1. The molecule has 0 fully saturated rings. The molecule has 0 saturated carbocycles. The summed E-state index contributed by atoms with van der Waals surface area (Å²) in [5.74, 6) is 0.829. The maximum Gasteiger partial charge on any atom is 0.254 e. The smallest absolute Gasteiger partial charge is 0.254 e. The van der Waals surface area contributed by atoms with Crippen LogP contribution in [0.25, 0.3) is 0 Å². The van der Waals surface area contributed by atoms with Crippen molar-refractivity contribution in [1.82, 2.24) is 4.90 Å². The van der Waals surface area contributed by atoms with Crippen molar-refractivity contribution in [3.8, 4) is 0 Å². The zero-order chi connectivity index (χ0) is 18.6. The second-order valence-electron chi connectivity index (χ2n) is 5.84. The van der Waals surface area contributed by atoms with E-state index in [1.165, 1.54) is 17.7 Å². The molecule has 0 saturated heterocycles. The van der Waals surface area contributed by atoms with Crippen molar-refractivity contribution < 1.29 is 13.2 Å². The Morgan fingerprint density at radius 2 is 1.68 bits per heavy atom. The van der Waals surface area contributed by atoms with Gasteiger partial charge in [-0.25, -0.2) is 13.6 Å². The number of rotatable bonds is 6. The molecule has 0 aromatic heterocycles. The lowest BCUT2D eigenvalue weighted by Gasteiger charge is -2.25. The van der Waals surface area contributed by atoms with Gasteiger partial charge in [0, 0.05) is 18.4 Å². The van der Waals surface area contributed by atoms with E-state index < -0.39 is 10.0 Å². The van der Waals surface area contributed by atoms with Crippen LogP contribution in [-0.2, 0) is 15.8 Å². The number of carbonyl (C=O) groups is 1. The molecule has 25 heavy (non-hydrogen) atoms. The summed E-state index contributed by atoms with van der Waals surface area (Å²) in [7, 11) is -1.98. The normalized spacial score (nSPS) is 12.6. The van der Waals surface area contributed by atoms with Crippen molar-refractivity contribution in [2.75, 3.05) is 13.3 Å². The summed E-state index contributed by atoms with van der Waals surface area (Å²) in [5, 5.41) is 5.11. The summed E-state index contributed by atoms with van der Waals surface area (Å²) in [6, 6.07) is 13.7. The highest BCUT2D eigenvalue weighted by Crippen LogP contribution is 2.22. The minimum absolute atomic E-state index is 0.0572. The van der Waals surface area contributed by atoms with E-state index in [0.29, 0.717) is 5.56 Å². The fraction of sp³-hybridized carbons (Fsp3) is 0.278. The van der Waals surface area contributed by atoms with Gasteiger partial charge in [0.1, 0.15) is 0 Å². The Hall–Kier alpha value is -1.83. The maximum atomic E-state index is 12.7. The van der Waals surface area contributed by atoms with Gasteiger partial charge in [-0.05, 0) is 48.6 Å². The molecule has 2 aromatic rings. The van der Waals surface area contributed by atoms with Gasteiger partial charge < -0.3 is 4.90 Å². The van der Waals surface area contributed by atoms with Crippen LogP contribution < -0.4 is 5.14 Å². The van der Waals surface area contributed by atoms with Crippen molar-refractivity contribution >= 4 is 27.7 Å². The van der Waals surface area contributed by atoms with E-state index in [1.807, 2.05) is 37.4 Å². The van der Waals surface area contributed by atoms with Gasteiger partial charge >= 0.3 is 0 Å². The number of amides is 1. The molecule has 2 rings (SSSR count). The fourth-order valence-corrected chi connectivity index (χ4v) is 3.49. The molecule has 0 spiro atoms. The largest absolute Gasteiger partial charge is 0.335 e. The molecule has 1 unspecified atom stereocenters. The Bertz CT molecular complexity index is 832. The highest BCUT2D eigenvalue weighted by Gasteiger charge is 2.19. The lowest BCUT2D eigenvalue weighted by atomic mass is 10.1. The summed E-state index contributed by atoms with van der Waals surface area (Å²) < 4.78 is 22.7. The van der Waals surface area contributed by atoms with E-state index in [-0.39, 0.29) is 16.8 Å². The molecule has 0 heterocycles. The molecule has 1 atom stereocenters. The van der Waals surface area contributed by atoms with Gasteiger partial charge in [0.2, 0.25) is 10.0 Å². The summed E-state index contributed by atoms with van der Waals surface area (Å²) in [6.45, 7) is 1.89. The molecule has 0 aliphatic carbocycles. The number of nitrogens with two attached hydrogens (primary N) is 1. The number of hydrogen-bond acceptors (Lipinski definition) is 4. The van der Waals surface area contributed by atoms with Crippen LogP contribution >= 0.6 is 11.8 Å². The third-order valence-electron chi connectivity index (χ3n) is 4.10. The van der Waals surface area contributed by atoms with E-state index in [2.05, 4.69) is 0 Å². The van der Waals surface area contributed by atoms with Crippen molar-refractivity contribution in [2.24, 2.45) is 5.14 Å². The van der Waals surface area contributed by atoms with E-state index in [4.69, 9.17) is 5.14 Å². The zero-order valence-corrected chi connectivity index (χ0v) is 16.1. The van der Waals surface area contributed by atoms with Crippen molar-refractivity contribution in [3.63, 3.8) is 0 Å². The number of thioether (sulfide) groups is 1. The van der Waals surface area contributed by atoms with Crippen LogP contribution in [0.2, 0.25) is 0 Å². The van der Waals surface area contributed by atoms with E-state index in [0.717, 1.165) is 11.3 Å². The Morgan fingerprint density at radius 1 is 1.12 bits per heavy atom. The zero-order valence-electron chi connectivity index (χ0n) is 14.5. The number of benzene rings is 2. The minimum Gasteiger partial charge on any atom is -0.335 e. The fourth-order valence-electron chi connectivity index (χ4n) is 2.45. The van der Waals surface area contributed by atoms with Crippen LogP contribution in [0.15, 0.2) is 53.4 Å². The number of hydrogen-bond donors (Lipinski definition) is 1. The topological polar surface area (TPSA) is 80.5 Å². The molecular weight excluding hydrogens is 356 g/mol. The molecule has 0 aliphatic rings. The summed E-state index contributed by atoms with van der Waals surface area (Å²) in [5.41, 5.74) is 2.64. The molecule has 1 amide bonds. The Balaban J connectivity index is 2.15. The number of sulfonamides is 1. The quantitative estimate of drug-likeness (QED) is 0.838. The standard InChI is InChI=1S/C18H22N2O3S2/c1-13(15-8-10-17(11-9-15)25(19,22)23)20(2)18(21)16-6-4-14(5-7-16)12-24-3/h4-11,13H,12H2,1-3H3,(H2,19,22,23). The Morgan fingerprint density at radius 3 is 2.16 bits per heavy atom. The summed E-state index contributed by atoms with van der Waals surface area (Å²) >= 11 is 1.73. The predicted octanol–water partition coefficient (Wildman–Crippen LogP) is 3.03. The van der Waals surface area contributed by atoms with Gasteiger partial charge in [0.25, 0.3) is 5.91 Å². The Labute approximate surface area is 153 Å². The molecule has 2 N–H and O–H groups in total. The first kappa shape index (κ1) is 19.5. The molecule has 134 valence electrons. The molecule has 2 aromatic carbocycles. The number of carbonyl (C=O) groups excluding carboxylic acids is 1. The van der Waals surface area contributed by atoms with Gasteiger partial charge in [-0.2, -0.15) is 11.8 Å². The first-order valence-electron chi connectivity index (χ1n) is 7.72. The lowest BCUT2D eigenvalue weighted by molar-refractivity contribution is 0.0742. The van der Waals surface area contributed by atoms with Crippen molar-refractivity contribution in [1.29, 1.82) is 0 Å². The number of primary sulfonamides is 1. The van der Waals surface area contributed by atoms with Crippen LogP contribution in [0.1, 0.15) is 34.5 Å². The highest BCUT2D eigenvalue weighted by atomic mass is 32.2. The number of nitrogens with zero attached hydrogens (tertiary/aromatic N) is 1. The van der Waals surface area contributed by atoms with E-state index in [9.17, 15) is 13.2 Å². The molecular formula is C18H22N2O3S2. The van der Waals surface area contributed by atoms with Gasteiger partial charge in [-0.3, -0.25) is 4.79 Å². The van der Waals surface area contributed by atoms with Crippen LogP contribution in [0, 0.1) is 0 Å². The van der Waals surface area contributed by atoms with Crippen LogP contribution in [0.5, 0.6) is 0 Å². The lowest BCUT2D eigenvalue weighted by Crippen LogP contribution is -2.29. The van der Waals surface area contributed by atoms with Crippen molar-refractivity contribution in [3.05, 3.63) is 65.2 Å². The third-order valence-corrected chi connectivity index (χ3v) is 5.66. The summed E-state index contributed by atoms with van der Waals surface area (Å²) in [4.78, 5) is 14.4. The molecule has 7 heteroatoms. The van der Waals surface area contributed by atoms with Crippen LogP contribution in [-0.4, -0.2) is 32.5 Å². The predicted molar refractivity (Wildman–Crippen MR) is 102 cm³/mol. The van der Waals surface area contributed by atoms with Gasteiger partial charge in [0.15, 0.2) is 0 Å². The molecule has 0 bridgehead atoms. The Kier molecular flexibility index (Phi) is 6.26. The van der Waals surface area contributed by atoms with Gasteiger partial charge in [0.05, 0.1) is 10.9 Å². The van der Waals surface area contributed by atoms with Gasteiger partial charge in [-0.1, -0.05) is 24.3 Å². The van der Waals surface area contributed by atoms with Crippen molar-refractivity contribution in [2.45, 2.75) is 23.6 Å². The molecule has 0 aliphatic heterocycles. The monoisotopic (exact) mass is 378 g/mol. The first-order chi connectivity index (χ1) is 11.7. The second kappa shape index (κ2) is 8.03. The van der Waals surface area contributed by atoms with Gasteiger partial charge in [-0.15, -0.1) is 0 Å². The molecule has 5 nitrogen and oxygen atoms in total. The third kappa shape index (κ3) is 4.84. The average molecular weight is 379 g/mol. The first-order valence-corrected chi connectivity index (χ1v) is 10.7. The summed E-state index contributed by atoms with van der Waals surface area (Å²) in [6.07, 6.45) is 2.04. The average Bonchev–Trinajstić information content (AvgIpc) is 2.60. The van der Waals surface area contributed by atoms with E-state index >= 15 is 0 Å². The second-order valence-corrected chi connectivity index (χ2v) is 8.26. The van der Waals surface area contributed by atoms with E-state index in [1.54, 1.807) is 35.8 Å². The highest BCUT2D eigenvalue weighted by molar-refractivity contribution is 7.97. The minimum atomic E-state index is -3.72. The van der Waals surface area contributed by atoms with Crippen LogP contribution in [0.4, 0.5) is 0 Å². The maximum absolute atomic E-state index is 12.7.